The lowest BCUT2D eigenvalue weighted by Crippen LogP contribution is -2.46. The molecule has 0 aromatic heterocycles. The first-order chi connectivity index (χ1) is 20.2. The van der Waals surface area contributed by atoms with Crippen molar-refractivity contribution in [2.45, 2.75) is 92.2 Å². The molecule has 0 aliphatic rings. The molecule has 0 spiro atoms. The fraction of sp³-hybridized carbons (Fsp3) is 0.929. The van der Waals surface area contributed by atoms with Gasteiger partial charge in [-0.15, -0.1) is 0 Å². The van der Waals surface area contributed by atoms with Gasteiger partial charge in [0.15, 0.2) is 0 Å². The van der Waals surface area contributed by atoms with Crippen LogP contribution in [0.2, 0.25) is 12.1 Å². The van der Waals surface area contributed by atoms with Crippen LogP contribution >= 0.6 is 0 Å². The average molecular weight is 639 g/mol. The predicted octanol–water partition coefficient (Wildman–Crippen LogP) is 4.71. The Balaban J connectivity index is 4.13. The number of carbonyl (C=O) groups is 2. The Bertz CT molecular complexity index is 606. The van der Waals surface area contributed by atoms with Gasteiger partial charge in [-0.3, -0.25) is 0 Å². The zero-order valence-electron chi connectivity index (χ0n) is 27.9. The molecule has 0 radical (unpaired) electrons. The van der Waals surface area contributed by atoms with Crippen LogP contribution in [0.25, 0.3) is 0 Å². The number of unbranched alkanes of at least 4 members (excludes halogenated alkanes) is 3. The van der Waals surface area contributed by atoms with Crippen LogP contribution < -0.4 is 10.6 Å². The summed E-state index contributed by atoms with van der Waals surface area (Å²) in [4.78, 5) is 28.3. The lowest BCUT2D eigenvalue weighted by atomic mass is 10.2. The summed E-state index contributed by atoms with van der Waals surface area (Å²) in [6, 6.07) is 1.20. The van der Waals surface area contributed by atoms with Gasteiger partial charge in [-0.1, -0.05) is 12.8 Å². The maximum atomic E-state index is 12.5. The van der Waals surface area contributed by atoms with Crippen molar-refractivity contribution >= 4 is 29.7 Å². The van der Waals surface area contributed by atoms with Crippen molar-refractivity contribution in [3.63, 3.8) is 0 Å². The van der Waals surface area contributed by atoms with Gasteiger partial charge < -0.3 is 47.0 Å². The number of amides is 4. The van der Waals surface area contributed by atoms with Crippen LogP contribution in [-0.2, 0) is 26.6 Å². The second-order valence-electron chi connectivity index (χ2n) is 9.89. The number of urea groups is 2. The first-order valence-corrected chi connectivity index (χ1v) is 19.9. The first kappa shape index (κ1) is 40.7. The minimum atomic E-state index is -2.67. The molecule has 0 rings (SSSR count). The average Bonchev–Trinajstić information content (AvgIpc) is 2.95. The molecule has 2 N–H and O–H groups in total. The molecule has 250 valence electrons. The van der Waals surface area contributed by atoms with E-state index in [1.807, 2.05) is 55.6 Å². The summed E-state index contributed by atoms with van der Waals surface area (Å²) in [5.41, 5.74) is 0. The van der Waals surface area contributed by atoms with Crippen molar-refractivity contribution in [3.8, 4) is 0 Å². The van der Waals surface area contributed by atoms with Gasteiger partial charge in [0, 0.05) is 92.0 Å². The molecule has 14 heteroatoms. The second kappa shape index (κ2) is 25.1. The zero-order valence-corrected chi connectivity index (χ0v) is 29.9. The molecule has 0 aliphatic heterocycles. The SMILES string of the molecule is CCO[Si](CCCNC(=O)N(C)CCCCCCN(C)C(=O)NCCC[Si](OCC)(OCC)OCC)(OCC)OCC. The fourth-order valence-electron chi connectivity index (χ4n) is 4.53. The normalized spacial score (nSPS) is 11.9. The van der Waals surface area contributed by atoms with Gasteiger partial charge in [0.05, 0.1) is 0 Å². The molecule has 0 aromatic carbocycles. The number of hydrogen-bond acceptors (Lipinski definition) is 8. The first-order valence-electron chi connectivity index (χ1n) is 16.0. The lowest BCUT2D eigenvalue weighted by Gasteiger charge is -2.28. The van der Waals surface area contributed by atoms with Gasteiger partial charge >= 0.3 is 29.7 Å². The summed E-state index contributed by atoms with van der Waals surface area (Å²) in [7, 11) is -1.72. The van der Waals surface area contributed by atoms with Gasteiger partial charge in [-0.05, 0) is 67.2 Å². The smallest absolute Gasteiger partial charge is 0.374 e. The Morgan fingerprint density at radius 2 is 0.786 bits per heavy atom. The van der Waals surface area contributed by atoms with Gasteiger partial charge in [-0.25, -0.2) is 9.59 Å². The quantitative estimate of drug-likeness (QED) is 0.0981. The minimum Gasteiger partial charge on any atom is -0.374 e. The topological polar surface area (TPSA) is 120 Å². The third kappa shape index (κ3) is 17.8. The number of nitrogens with one attached hydrogen (secondary N) is 2. The monoisotopic (exact) mass is 638 g/mol. The number of carbonyl (C=O) groups excluding carboxylic acids is 2. The largest absolute Gasteiger partial charge is 0.500 e. The molecule has 0 saturated heterocycles. The molecule has 0 atom stereocenters. The molecule has 0 saturated carbocycles. The van der Waals surface area contributed by atoms with Crippen molar-refractivity contribution in [1.82, 2.24) is 20.4 Å². The second-order valence-corrected chi connectivity index (χ2v) is 15.4. The van der Waals surface area contributed by atoms with Crippen molar-refractivity contribution in [2.24, 2.45) is 0 Å². The molecule has 0 heterocycles. The molecule has 0 unspecified atom stereocenters. The lowest BCUT2D eigenvalue weighted by molar-refractivity contribution is 0.0700. The van der Waals surface area contributed by atoms with E-state index in [0.717, 1.165) is 38.5 Å². The van der Waals surface area contributed by atoms with Crippen LogP contribution in [0, 0.1) is 0 Å². The van der Waals surface area contributed by atoms with E-state index < -0.39 is 17.6 Å². The van der Waals surface area contributed by atoms with Gasteiger partial charge in [0.2, 0.25) is 0 Å². The highest BCUT2D eigenvalue weighted by atomic mass is 28.4. The van der Waals surface area contributed by atoms with Gasteiger partial charge in [0.1, 0.15) is 0 Å². The Morgan fingerprint density at radius 1 is 0.500 bits per heavy atom. The molecule has 42 heavy (non-hydrogen) atoms. The standard InChI is InChI=1S/C28H62N4O8Si2/c1-9-35-41(36-10-2,37-11-3)25-19-21-29-27(33)31(7)23-17-15-16-18-24-32(8)28(34)30-22-20-26-42(38-12-4,39-13-5)40-14-6/h9-26H2,1-8H3,(H,29,33)(H,30,34). The summed E-state index contributed by atoms with van der Waals surface area (Å²) in [6.45, 7) is 17.4. The molecule has 0 aromatic rings. The number of nitrogens with zero attached hydrogens (tertiary/aromatic N) is 2. The highest BCUT2D eigenvalue weighted by molar-refractivity contribution is 6.61. The van der Waals surface area contributed by atoms with Crippen molar-refractivity contribution in [2.75, 3.05) is 79.9 Å². The third-order valence-electron chi connectivity index (χ3n) is 6.49. The minimum absolute atomic E-state index is 0.0772. The molecule has 12 nitrogen and oxygen atoms in total. The molecule has 0 fully saturated rings. The Labute approximate surface area is 258 Å². The number of rotatable bonds is 27. The Morgan fingerprint density at radius 3 is 1.05 bits per heavy atom. The molecule has 0 bridgehead atoms. The van der Waals surface area contributed by atoms with E-state index >= 15 is 0 Å². The van der Waals surface area contributed by atoms with Crippen LogP contribution in [0.5, 0.6) is 0 Å². The summed E-state index contributed by atoms with van der Waals surface area (Å²) in [5, 5.41) is 5.96. The van der Waals surface area contributed by atoms with E-state index in [2.05, 4.69) is 10.6 Å². The van der Waals surface area contributed by atoms with Crippen molar-refractivity contribution in [1.29, 1.82) is 0 Å². The predicted molar refractivity (Wildman–Crippen MR) is 171 cm³/mol. The van der Waals surface area contributed by atoms with Crippen molar-refractivity contribution in [3.05, 3.63) is 0 Å². The van der Waals surface area contributed by atoms with Crippen LogP contribution in [0.3, 0.4) is 0 Å². The number of hydrogen-bond donors (Lipinski definition) is 2. The summed E-state index contributed by atoms with van der Waals surface area (Å²) < 4.78 is 35.2. The van der Waals surface area contributed by atoms with E-state index in [-0.39, 0.29) is 12.1 Å². The highest BCUT2D eigenvalue weighted by Crippen LogP contribution is 2.19. The van der Waals surface area contributed by atoms with E-state index in [1.54, 1.807) is 9.80 Å². The van der Waals surface area contributed by atoms with Gasteiger partial charge in [-0.2, -0.15) is 0 Å². The van der Waals surface area contributed by atoms with Crippen LogP contribution in [-0.4, -0.2) is 119 Å². The van der Waals surface area contributed by atoms with E-state index in [4.69, 9.17) is 26.6 Å². The summed E-state index contributed by atoms with van der Waals surface area (Å²) >= 11 is 0. The van der Waals surface area contributed by atoms with Crippen molar-refractivity contribution < 1.29 is 36.1 Å². The third-order valence-corrected chi connectivity index (χ3v) is 12.8. The maximum Gasteiger partial charge on any atom is 0.500 e. The van der Waals surface area contributed by atoms with Crippen LogP contribution in [0.4, 0.5) is 9.59 Å². The van der Waals surface area contributed by atoms with E-state index in [9.17, 15) is 9.59 Å². The highest BCUT2D eigenvalue weighted by Gasteiger charge is 2.40. The molecule has 4 amide bonds. The van der Waals surface area contributed by atoms with Crippen LogP contribution in [0.15, 0.2) is 0 Å². The maximum absolute atomic E-state index is 12.5. The van der Waals surface area contributed by atoms with Gasteiger partial charge in [0.25, 0.3) is 0 Å². The Hall–Kier alpha value is -1.27. The zero-order chi connectivity index (χ0) is 31.7. The molecular formula is C28H62N4O8Si2. The van der Waals surface area contributed by atoms with Crippen LogP contribution in [0.1, 0.15) is 80.1 Å². The molecular weight excluding hydrogens is 577 g/mol. The molecule has 0 aliphatic carbocycles. The summed E-state index contributed by atoms with van der Waals surface area (Å²) in [6.07, 6.45) is 5.31. The van der Waals surface area contributed by atoms with E-state index in [1.165, 1.54) is 0 Å². The fourth-order valence-corrected chi connectivity index (χ4v) is 9.75. The van der Waals surface area contributed by atoms with E-state index in [0.29, 0.717) is 77.9 Å². The summed E-state index contributed by atoms with van der Waals surface area (Å²) in [5.74, 6) is 0. The Kier molecular flexibility index (Phi) is 24.3.